The number of rotatable bonds is 3. The molecule has 0 spiro atoms. The minimum atomic E-state index is -5.37. The van der Waals surface area contributed by atoms with E-state index in [1.165, 1.54) is 0 Å². The second-order valence-electron chi connectivity index (χ2n) is 2.91. The molecule has 7 heteroatoms. The maximum atomic E-state index is 12.5. The van der Waals surface area contributed by atoms with Crippen molar-refractivity contribution < 1.29 is 31.1 Å². The van der Waals surface area contributed by atoms with E-state index in [2.05, 4.69) is 4.74 Å². The Morgan fingerprint density at radius 3 is 1.69 bits per heavy atom. The van der Waals surface area contributed by atoms with E-state index >= 15 is 0 Å². The summed E-state index contributed by atoms with van der Waals surface area (Å²) in [7, 11) is 0. The van der Waals surface area contributed by atoms with E-state index in [1.54, 1.807) is 0 Å². The number of halogens is 6. The summed E-state index contributed by atoms with van der Waals surface area (Å²) in [5.41, 5.74) is 0. The van der Waals surface area contributed by atoms with Crippen molar-refractivity contribution in [1.29, 1.82) is 0 Å². The summed E-state index contributed by atoms with van der Waals surface area (Å²) in [5.74, 6) is -14.9. The zero-order valence-corrected chi connectivity index (χ0v) is 6.46. The van der Waals surface area contributed by atoms with Crippen LogP contribution in [0.1, 0.15) is 6.92 Å². The molecule has 13 heavy (non-hydrogen) atoms. The minimum Gasteiger partial charge on any atom is -0.366 e. The number of hydrogen-bond donors (Lipinski definition) is 0. The zero-order chi connectivity index (χ0) is 10.5. The smallest absolute Gasteiger partial charge is 0.366 e. The minimum absolute atomic E-state index is 0.247. The van der Waals surface area contributed by atoms with E-state index in [4.69, 9.17) is 0 Å². The summed E-state index contributed by atoms with van der Waals surface area (Å²) < 4.78 is 78.0. The van der Waals surface area contributed by atoms with Crippen LogP contribution in [-0.4, -0.2) is 30.5 Å². The average molecular weight is 208 g/mol. The highest BCUT2D eigenvalue weighted by Gasteiger charge is 2.74. The molecule has 1 aliphatic rings. The molecule has 1 unspecified atom stereocenters. The van der Waals surface area contributed by atoms with Crippen LogP contribution in [0.15, 0.2) is 0 Å². The molecule has 0 aromatic heterocycles. The zero-order valence-electron chi connectivity index (χ0n) is 6.46. The van der Waals surface area contributed by atoms with Crippen LogP contribution < -0.4 is 0 Å². The van der Waals surface area contributed by atoms with Gasteiger partial charge in [0.05, 0.1) is 6.61 Å². The quantitative estimate of drug-likeness (QED) is 0.512. The Balaban J connectivity index is 2.90. The molecule has 1 fully saturated rings. The van der Waals surface area contributed by atoms with Gasteiger partial charge in [0, 0.05) is 6.92 Å². The Morgan fingerprint density at radius 2 is 1.46 bits per heavy atom. The highest BCUT2D eigenvalue weighted by atomic mass is 19.3. The second kappa shape index (κ2) is 2.52. The number of hydrogen-bond acceptors (Lipinski definition) is 1. The monoisotopic (exact) mass is 208 g/mol. The van der Waals surface area contributed by atoms with Crippen LogP contribution in [0.25, 0.3) is 0 Å². The Bertz CT molecular complexity index is 204. The fourth-order valence-electron chi connectivity index (χ4n) is 0.752. The first-order valence-electron chi connectivity index (χ1n) is 3.36. The first-order chi connectivity index (χ1) is 5.61. The van der Waals surface area contributed by atoms with Gasteiger partial charge in [0.25, 0.3) is 0 Å². The lowest BCUT2D eigenvalue weighted by Gasteiger charge is -2.29. The summed E-state index contributed by atoms with van der Waals surface area (Å²) >= 11 is 0. The fraction of sp³-hybridized carbons (Fsp3) is 1.00. The van der Waals surface area contributed by atoms with Crippen LogP contribution in [-0.2, 0) is 4.74 Å². The molecule has 0 saturated carbocycles. The lowest BCUT2D eigenvalue weighted by atomic mass is 10.0. The molecule has 0 aromatic carbocycles. The maximum absolute atomic E-state index is 12.5. The van der Waals surface area contributed by atoms with Crippen molar-refractivity contribution in [3.8, 4) is 0 Å². The van der Waals surface area contributed by atoms with E-state index in [9.17, 15) is 26.3 Å². The summed E-state index contributed by atoms with van der Waals surface area (Å²) in [4.78, 5) is 0. The largest absolute Gasteiger partial charge is 0.374 e. The van der Waals surface area contributed by atoms with Crippen molar-refractivity contribution >= 4 is 0 Å². The van der Waals surface area contributed by atoms with Gasteiger partial charge >= 0.3 is 17.8 Å². The summed E-state index contributed by atoms with van der Waals surface area (Å²) in [6, 6.07) is 0. The van der Waals surface area contributed by atoms with Crippen LogP contribution in [0.4, 0.5) is 26.3 Å². The molecule has 0 aromatic rings. The molecule has 78 valence electrons. The van der Waals surface area contributed by atoms with Crippen molar-refractivity contribution in [2.75, 3.05) is 6.61 Å². The van der Waals surface area contributed by atoms with Gasteiger partial charge in [-0.05, 0) is 0 Å². The molecule has 1 aliphatic heterocycles. The number of ether oxygens (including phenoxy) is 1. The molecule has 0 aliphatic carbocycles. The van der Waals surface area contributed by atoms with Crippen LogP contribution >= 0.6 is 0 Å². The Hall–Kier alpha value is -0.460. The molecule has 1 rings (SSSR count). The van der Waals surface area contributed by atoms with Gasteiger partial charge in [-0.2, -0.15) is 26.3 Å². The van der Waals surface area contributed by atoms with Crippen LogP contribution in [0.3, 0.4) is 0 Å². The third-order valence-electron chi connectivity index (χ3n) is 1.71. The van der Waals surface area contributed by atoms with Gasteiger partial charge in [-0.25, -0.2) is 0 Å². The van der Waals surface area contributed by atoms with E-state index in [0.717, 1.165) is 0 Å². The van der Waals surface area contributed by atoms with Gasteiger partial charge in [-0.1, -0.05) is 0 Å². The van der Waals surface area contributed by atoms with Gasteiger partial charge in [0.2, 0.25) is 0 Å². The first-order valence-corrected chi connectivity index (χ1v) is 3.36. The molecule has 0 N–H and O–H groups in total. The van der Waals surface area contributed by atoms with Crippen molar-refractivity contribution in [1.82, 2.24) is 0 Å². The van der Waals surface area contributed by atoms with Gasteiger partial charge < -0.3 is 4.74 Å². The van der Waals surface area contributed by atoms with Crippen molar-refractivity contribution in [3.63, 3.8) is 0 Å². The van der Waals surface area contributed by atoms with E-state index in [-0.39, 0.29) is 6.92 Å². The highest BCUT2D eigenvalue weighted by Crippen LogP contribution is 2.50. The molecule has 0 amide bonds. The summed E-state index contributed by atoms with van der Waals surface area (Å²) in [6.45, 7) is -0.859. The molecular weight excluding hydrogens is 202 g/mol. The number of alkyl halides is 6. The third-order valence-corrected chi connectivity index (χ3v) is 1.71. The molecular formula is C6H6F6O. The second-order valence-corrected chi connectivity index (χ2v) is 2.91. The van der Waals surface area contributed by atoms with E-state index in [0.29, 0.717) is 0 Å². The van der Waals surface area contributed by atoms with Crippen LogP contribution in [0.2, 0.25) is 0 Å². The number of epoxide rings is 1. The summed E-state index contributed by atoms with van der Waals surface area (Å²) in [5, 5.41) is 0. The average Bonchev–Trinajstić information content (AvgIpc) is 2.63. The third kappa shape index (κ3) is 1.49. The topological polar surface area (TPSA) is 12.5 Å². The van der Waals surface area contributed by atoms with Gasteiger partial charge in [-0.3, -0.25) is 0 Å². The van der Waals surface area contributed by atoms with Crippen molar-refractivity contribution in [2.45, 2.75) is 30.8 Å². The van der Waals surface area contributed by atoms with Gasteiger partial charge in [0.15, 0.2) is 6.10 Å². The lowest BCUT2D eigenvalue weighted by molar-refractivity contribution is -0.307. The first kappa shape index (κ1) is 10.6. The van der Waals surface area contributed by atoms with E-state index < -0.39 is 30.5 Å². The van der Waals surface area contributed by atoms with Crippen LogP contribution in [0.5, 0.6) is 0 Å². The van der Waals surface area contributed by atoms with Gasteiger partial charge in [-0.15, -0.1) is 0 Å². The molecule has 0 bridgehead atoms. The predicted molar refractivity (Wildman–Crippen MR) is 30.3 cm³/mol. The Labute approximate surface area is 69.7 Å². The maximum Gasteiger partial charge on any atom is 0.374 e. The van der Waals surface area contributed by atoms with Crippen molar-refractivity contribution in [3.05, 3.63) is 0 Å². The van der Waals surface area contributed by atoms with Gasteiger partial charge in [0.1, 0.15) is 0 Å². The molecule has 1 heterocycles. The SMILES string of the molecule is CC(F)(F)C(F)(F)C(F)(F)C1CO1. The highest BCUT2D eigenvalue weighted by molar-refractivity contribution is 5.02. The lowest BCUT2D eigenvalue weighted by Crippen LogP contribution is -2.55. The molecule has 1 saturated heterocycles. The molecule has 1 nitrogen and oxygen atoms in total. The fourth-order valence-corrected chi connectivity index (χ4v) is 0.752. The molecule has 0 radical (unpaired) electrons. The summed E-state index contributed by atoms with van der Waals surface area (Å²) in [6.07, 6.45) is -2.09. The van der Waals surface area contributed by atoms with Crippen molar-refractivity contribution in [2.24, 2.45) is 0 Å². The van der Waals surface area contributed by atoms with E-state index in [1.807, 2.05) is 0 Å². The Morgan fingerprint density at radius 1 is 1.08 bits per heavy atom. The predicted octanol–water partition coefficient (Wildman–Crippen LogP) is 2.31. The standard InChI is InChI=1S/C6H6F6O/c1-4(7,8)6(11,12)5(9,10)3-2-13-3/h3H,2H2,1H3. The normalized spacial score (nSPS) is 24.7. The Kier molecular flexibility index (Phi) is 2.06. The van der Waals surface area contributed by atoms with Crippen LogP contribution in [0, 0.1) is 0 Å². The molecule has 1 atom stereocenters.